The minimum Gasteiger partial charge on any atom is -0.338 e. The van der Waals surface area contributed by atoms with Crippen LogP contribution in [0.25, 0.3) is 11.4 Å². The van der Waals surface area contributed by atoms with E-state index in [2.05, 4.69) is 43.1 Å². The van der Waals surface area contributed by atoms with Gasteiger partial charge in [-0.1, -0.05) is 33.2 Å². The van der Waals surface area contributed by atoms with Crippen LogP contribution in [0, 0.1) is 10.1 Å². The van der Waals surface area contributed by atoms with E-state index in [1.807, 2.05) is 19.2 Å². The minimum absolute atomic E-state index is 0.0325. The monoisotopic (exact) mass is 416 g/mol. The number of hydrogen-bond donors (Lipinski definition) is 0. The molecule has 7 nitrogen and oxygen atoms in total. The molecule has 0 saturated heterocycles. The smallest absolute Gasteiger partial charge is 0.269 e. The number of nitro groups is 1. The van der Waals surface area contributed by atoms with Crippen LogP contribution in [0.4, 0.5) is 5.69 Å². The SMILES string of the molecule is CN(CCc1ccc(Br)cc1)Cc1nc(-c2ccc([N+](=O)[O-])cc2)no1. The molecule has 134 valence electrons. The summed E-state index contributed by atoms with van der Waals surface area (Å²) in [6, 6.07) is 14.3. The van der Waals surface area contributed by atoms with E-state index in [9.17, 15) is 10.1 Å². The van der Waals surface area contributed by atoms with Gasteiger partial charge in [-0.05, 0) is 43.3 Å². The topological polar surface area (TPSA) is 85.3 Å². The van der Waals surface area contributed by atoms with Gasteiger partial charge in [0.1, 0.15) is 0 Å². The highest BCUT2D eigenvalue weighted by Gasteiger charge is 2.12. The molecule has 0 atom stereocenters. The van der Waals surface area contributed by atoms with E-state index in [4.69, 9.17) is 4.52 Å². The van der Waals surface area contributed by atoms with E-state index in [0.717, 1.165) is 17.4 Å². The fourth-order valence-electron chi connectivity index (χ4n) is 2.45. The Labute approximate surface area is 158 Å². The van der Waals surface area contributed by atoms with E-state index in [-0.39, 0.29) is 5.69 Å². The Kier molecular flexibility index (Phi) is 5.75. The molecule has 1 aromatic heterocycles. The number of aromatic nitrogens is 2. The number of non-ortho nitro benzene ring substituents is 1. The molecule has 0 bridgehead atoms. The van der Waals surface area contributed by atoms with Gasteiger partial charge in [-0.15, -0.1) is 0 Å². The molecule has 0 aliphatic rings. The molecule has 26 heavy (non-hydrogen) atoms. The number of hydrogen-bond acceptors (Lipinski definition) is 6. The van der Waals surface area contributed by atoms with Gasteiger partial charge < -0.3 is 4.52 Å². The summed E-state index contributed by atoms with van der Waals surface area (Å²) in [5.74, 6) is 0.938. The summed E-state index contributed by atoms with van der Waals surface area (Å²) in [7, 11) is 1.99. The van der Waals surface area contributed by atoms with Gasteiger partial charge in [-0.25, -0.2) is 0 Å². The standard InChI is InChI=1S/C18H17BrN4O3/c1-22(11-10-13-2-6-15(19)7-3-13)12-17-20-18(21-26-17)14-4-8-16(9-5-14)23(24)25/h2-9H,10-12H2,1H3. The van der Waals surface area contributed by atoms with Gasteiger partial charge in [0, 0.05) is 28.7 Å². The highest BCUT2D eigenvalue weighted by atomic mass is 79.9. The Morgan fingerprint density at radius 3 is 2.50 bits per heavy atom. The predicted molar refractivity (Wildman–Crippen MR) is 101 cm³/mol. The quantitative estimate of drug-likeness (QED) is 0.425. The van der Waals surface area contributed by atoms with E-state index >= 15 is 0 Å². The zero-order chi connectivity index (χ0) is 18.5. The zero-order valence-corrected chi connectivity index (χ0v) is 15.7. The molecule has 0 aliphatic carbocycles. The number of rotatable bonds is 7. The molecule has 0 aliphatic heterocycles. The van der Waals surface area contributed by atoms with Gasteiger partial charge in [-0.3, -0.25) is 15.0 Å². The minimum atomic E-state index is -0.439. The van der Waals surface area contributed by atoms with Crippen LogP contribution < -0.4 is 0 Å². The van der Waals surface area contributed by atoms with Crippen LogP contribution >= 0.6 is 15.9 Å². The van der Waals surface area contributed by atoms with Gasteiger partial charge in [0.05, 0.1) is 11.5 Å². The molecular formula is C18H17BrN4O3. The molecule has 1 heterocycles. The van der Waals surface area contributed by atoms with Gasteiger partial charge in [0.2, 0.25) is 11.7 Å². The summed E-state index contributed by atoms with van der Waals surface area (Å²) in [5, 5.41) is 14.7. The lowest BCUT2D eigenvalue weighted by Crippen LogP contribution is -2.20. The van der Waals surface area contributed by atoms with Crippen LogP contribution in [-0.4, -0.2) is 33.6 Å². The third-order valence-corrected chi connectivity index (χ3v) is 4.43. The van der Waals surface area contributed by atoms with Crippen LogP contribution in [-0.2, 0) is 13.0 Å². The third kappa shape index (κ3) is 4.74. The molecular weight excluding hydrogens is 400 g/mol. The van der Waals surface area contributed by atoms with E-state index in [1.54, 1.807) is 12.1 Å². The second-order valence-electron chi connectivity index (χ2n) is 5.93. The number of nitro benzene ring substituents is 1. The Morgan fingerprint density at radius 1 is 1.15 bits per heavy atom. The van der Waals surface area contributed by atoms with Crippen molar-refractivity contribution in [1.82, 2.24) is 15.0 Å². The fourth-order valence-corrected chi connectivity index (χ4v) is 2.71. The Hall–Kier alpha value is -2.58. The van der Waals surface area contributed by atoms with Crippen molar-refractivity contribution in [2.75, 3.05) is 13.6 Å². The van der Waals surface area contributed by atoms with Gasteiger partial charge in [0.25, 0.3) is 5.69 Å². The fraction of sp³-hybridized carbons (Fsp3) is 0.222. The molecule has 2 aromatic carbocycles. The third-order valence-electron chi connectivity index (χ3n) is 3.91. The second kappa shape index (κ2) is 8.20. The Bertz CT molecular complexity index is 878. The first-order valence-corrected chi connectivity index (χ1v) is 8.81. The first kappa shape index (κ1) is 18.2. The molecule has 8 heteroatoms. The number of benzene rings is 2. The summed E-state index contributed by atoms with van der Waals surface area (Å²) < 4.78 is 6.36. The van der Waals surface area contributed by atoms with Gasteiger partial charge in [-0.2, -0.15) is 4.98 Å². The highest BCUT2D eigenvalue weighted by Crippen LogP contribution is 2.20. The van der Waals surface area contributed by atoms with Crippen molar-refractivity contribution < 1.29 is 9.45 Å². The lowest BCUT2D eigenvalue weighted by molar-refractivity contribution is -0.384. The van der Waals surface area contributed by atoms with Crippen molar-refractivity contribution in [2.45, 2.75) is 13.0 Å². The average Bonchev–Trinajstić information content (AvgIpc) is 3.10. The van der Waals surface area contributed by atoms with Crippen LogP contribution in [0.1, 0.15) is 11.5 Å². The van der Waals surface area contributed by atoms with Gasteiger partial charge >= 0.3 is 0 Å². The summed E-state index contributed by atoms with van der Waals surface area (Å²) in [5.41, 5.74) is 1.98. The zero-order valence-electron chi connectivity index (χ0n) is 14.1. The number of likely N-dealkylation sites (N-methyl/N-ethyl adjacent to an activating group) is 1. The first-order valence-electron chi connectivity index (χ1n) is 8.01. The maximum atomic E-state index is 10.7. The van der Waals surface area contributed by atoms with Crippen LogP contribution in [0.15, 0.2) is 57.5 Å². The van der Waals surface area contributed by atoms with Crippen molar-refractivity contribution in [2.24, 2.45) is 0 Å². The van der Waals surface area contributed by atoms with Crippen molar-refractivity contribution in [3.05, 3.63) is 74.6 Å². The van der Waals surface area contributed by atoms with Gasteiger partial charge in [0.15, 0.2) is 0 Å². The summed E-state index contributed by atoms with van der Waals surface area (Å²) in [6.07, 6.45) is 0.924. The normalized spacial score (nSPS) is 11.0. The molecule has 0 radical (unpaired) electrons. The molecule has 0 saturated carbocycles. The molecule has 0 fully saturated rings. The van der Waals surface area contributed by atoms with E-state index in [1.165, 1.54) is 17.7 Å². The molecule has 3 rings (SSSR count). The summed E-state index contributed by atoms with van der Waals surface area (Å²) in [4.78, 5) is 16.7. The second-order valence-corrected chi connectivity index (χ2v) is 6.85. The van der Waals surface area contributed by atoms with E-state index in [0.29, 0.717) is 23.8 Å². The first-order chi connectivity index (χ1) is 12.5. The highest BCUT2D eigenvalue weighted by molar-refractivity contribution is 9.10. The van der Waals surface area contributed by atoms with E-state index < -0.39 is 4.92 Å². The Balaban J connectivity index is 1.57. The molecule has 3 aromatic rings. The van der Waals surface area contributed by atoms with Crippen molar-refractivity contribution in [3.63, 3.8) is 0 Å². The molecule has 0 amide bonds. The molecule has 0 N–H and O–H groups in total. The van der Waals surface area contributed by atoms with Crippen molar-refractivity contribution in [3.8, 4) is 11.4 Å². The maximum Gasteiger partial charge on any atom is 0.269 e. The van der Waals surface area contributed by atoms with Crippen LogP contribution in [0.3, 0.4) is 0 Å². The van der Waals surface area contributed by atoms with Crippen molar-refractivity contribution >= 4 is 21.6 Å². The van der Waals surface area contributed by atoms with Crippen LogP contribution in [0.2, 0.25) is 0 Å². The van der Waals surface area contributed by atoms with Crippen molar-refractivity contribution in [1.29, 1.82) is 0 Å². The molecule has 0 spiro atoms. The number of halogens is 1. The number of nitrogens with zero attached hydrogens (tertiary/aromatic N) is 4. The predicted octanol–water partition coefficient (Wildman–Crippen LogP) is 4.08. The Morgan fingerprint density at radius 2 is 1.85 bits per heavy atom. The summed E-state index contributed by atoms with van der Waals surface area (Å²) >= 11 is 3.43. The average molecular weight is 417 g/mol. The maximum absolute atomic E-state index is 10.7. The molecule has 0 unspecified atom stereocenters. The summed E-state index contributed by atoms with van der Waals surface area (Å²) in [6.45, 7) is 1.40. The largest absolute Gasteiger partial charge is 0.338 e. The lowest BCUT2D eigenvalue weighted by atomic mass is 10.1. The van der Waals surface area contributed by atoms with Crippen LogP contribution in [0.5, 0.6) is 0 Å². The lowest BCUT2D eigenvalue weighted by Gasteiger charge is -2.13.